The van der Waals surface area contributed by atoms with E-state index in [1.54, 1.807) is 19.1 Å². The van der Waals surface area contributed by atoms with Gasteiger partial charge in [0, 0.05) is 12.8 Å². The van der Waals surface area contributed by atoms with Gasteiger partial charge in [0.15, 0.2) is 9.84 Å². The second-order valence-electron chi connectivity index (χ2n) is 6.37. The van der Waals surface area contributed by atoms with Gasteiger partial charge >= 0.3 is 12.2 Å². The van der Waals surface area contributed by atoms with E-state index in [0.717, 1.165) is 12.3 Å². The number of benzene rings is 2. The zero-order valence-corrected chi connectivity index (χ0v) is 16.2. The van der Waals surface area contributed by atoms with E-state index in [4.69, 9.17) is 0 Å². The molecule has 0 aliphatic rings. The molecular formula is C19H21F3N2O3S. The lowest BCUT2D eigenvalue weighted by atomic mass is 10.0. The number of hydrogen-bond acceptors (Lipinski definition) is 3. The second-order valence-corrected chi connectivity index (χ2v) is 8.38. The fourth-order valence-corrected chi connectivity index (χ4v) is 3.29. The normalized spacial score (nSPS) is 13.0. The molecule has 0 spiro atoms. The van der Waals surface area contributed by atoms with Gasteiger partial charge in [-0.2, -0.15) is 13.2 Å². The molecule has 5 nitrogen and oxygen atoms in total. The molecule has 9 heteroatoms. The van der Waals surface area contributed by atoms with Crippen LogP contribution in [0.5, 0.6) is 0 Å². The average molecular weight is 414 g/mol. The van der Waals surface area contributed by atoms with E-state index in [-0.39, 0.29) is 23.4 Å². The average Bonchev–Trinajstić information content (AvgIpc) is 2.60. The molecule has 0 heterocycles. The van der Waals surface area contributed by atoms with Crippen molar-refractivity contribution in [2.75, 3.05) is 12.8 Å². The zero-order chi connectivity index (χ0) is 20.9. The van der Waals surface area contributed by atoms with Gasteiger partial charge in [-0.15, -0.1) is 0 Å². The minimum absolute atomic E-state index is 0.0403. The van der Waals surface area contributed by atoms with Gasteiger partial charge in [0.1, 0.15) is 0 Å². The Morgan fingerprint density at radius 2 is 1.68 bits per heavy atom. The van der Waals surface area contributed by atoms with Crippen molar-refractivity contribution in [1.29, 1.82) is 0 Å². The predicted molar refractivity (Wildman–Crippen MR) is 99.6 cm³/mol. The maximum Gasteiger partial charge on any atom is 0.416 e. The highest BCUT2D eigenvalue weighted by molar-refractivity contribution is 7.90. The van der Waals surface area contributed by atoms with Crippen LogP contribution in [0.1, 0.15) is 29.7 Å². The van der Waals surface area contributed by atoms with Crippen LogP contribution in [-0.2, 0) is 22.4 Å². The molecule has 0 aliphatic heterocycles. The van der Waals surface area contributed by atoms with Gasteiger partial charge in [0.05, 0.1) is 16.5 Å². The van der Waals surface area contributed by atoms with E-state index < -0.39 is 33.6 Å². The number of halogens is 3. The highest BCUT2D eigenvalue weighted by Gasteiger charge is 2.32. The minimum atomic E-state index is -4.44. The first kappa shape index (κ1) is 21.7. The largest absolute Gasteiger partial charge is 0.416 e. The van der Waals surface area contributed by atoms with Gasteiger partial charge in [0.25, 0.3) is 0 Å². The Morgan fingerprint density at radius 1 is 1.07 bits per heavy atom. The number of urea groups is 1. The molecule has 2 amide bonds. The Balaban J connectivity index is 1.89. The van der Waals surface area contributed by atoms with Gasteiger partial charge in [-0.25, -0.2) is 13.2 Å². The lowest BCUT2D eigenvalue weighted by Gasteiger charge is -2.16. The molecule has 0 aromatic heterocycles. The molecule has 0 aliphatic carbocycles. The molecule has 2 rings (SSSR count). The van der Waals surface area contributed by atoms with Crippen molar-refractivity contribution in [2.24, 2.45) is 0 Å². The number of carbonyl (C=O) groups excluding carboxylic acids is 1. The number of carbonyl (C=O) groups is 1. The van der Waals surface area contributed by atoms with E-state index in [1.807, 2.05) is 0 Å². The summed E-state index contributed by atoms with van der Waals surface area (Å²) in [7, 11) is -3.30. The predicted octanol–water partition coefficient (Wildman–Crippen LogP) is 3.71. The number of hydrogen-bond donors (Lipinski definition) is 2. The summed E-state index contributed by atoms with van der Waals surface area (Å²) in [5.41, 5.74) is 0.0984. The monoisotopic (exact) mass is 414 g/mol. The summed E-state index contributed by atoms with van der Waals surface area (Å²) in [4.78, 5) is 12.2. The van der Waals surface area contributed by atoms with Crippen LogP contribution >= 0.6 is 0 Å². The van der Waals surface area contributed by atoms with Gasteiger partial charge in [0.2, 0.25) is 0 Å². The van der Waals surface area contributed by atoms with Gasteiger partial charge < -0.3 is 10.6 Å². The number of amides is 2. The van der Waals surface area contributed by atoms with Crippen molar-refractivity contribution in [3.05, 3.63) is 65.2 Å². The molecule has 0 saturated carbocycles. The van der Waals surface area contributed by atoms with Crippen molar-refractivity contribution >= 4 is 15.9 Å². The topological polar surface area (TPSA) is 75.3 Å². The van der Waals surface area contributed by atoms with Gasteiger partial charge in [-0.05, 0) is 42.7 Å². The quantitative estimate of drug-likeness (QED) is 0.757. The lowest BCUT2D eigenvalue weighted by molar-refractivity contribution is -0.138. The highest BCUT2D eigenvalue weighted by Crippen LogP contribution is 2.31. The zero-order valence-electron chi connectivity index (χ0n) is 15.4. The van der Waals surface area contributed by atoms with Crippen molar-refractivity contribution in [3.63, 3.8) is 0 Å². The summed E-state index contributed by atoms with van der Waals surface area (Å²) in [6.07, 6.45) is -3.29. The van der Waals surface area contributed by atoms with Crippen molar-refractivity contribution in [3.8, 4) is 0 Å². The van der Waals surface area contributed by atoms with Crippen LogP contribution in [0, 0.1) is 0 Å². The maximum absolute atomic E-state index is 13.0. The second kappa shape index (κ2) is 8.64. The highest BCUT2D eigenvalue weighted by atomic mass is 32.2. The fourth-order valence-electron chi connectivity index (χ4n) is 2.66. The van der Waals surface area contributed by atoms with E-state index >= 15 is 0 Å². The smallest absolute Gasteiger partial charge is 0.338 e. The Morgan fingerprint density at radius 3 is 2.25 bits per heavy atom. The maximum atomic E-state index is 13.0. The summed E-state index contributed by atoms with van der Waals surface area (Å²) < 4.78 is 61.8. The van der Waals surface area contributed by atoms with Gasteiger partial charge in [-0.1, -0.05) is 30.3 Å². The van der Waals surface area contributed by atoms with Crippen molar-refractivity contribution in [1.82, 2.24) is 10.6 Å². The Hall–Kier alpha value is -2.55. The minimum Gasteiger partial charge on any atom is -0.338 e. The molecular weight excluding hydrogens is 393 g/mol. The first-order valence-corrected chi connectivity index (χ1v) is 10.4. The van der Waals surface area contributed by atoms with Crippen LogP contribution in [0.2, 0.25) is 0 Å². The first-order valence-electron chi connectivity index (χ1n) is 8.48. The molecule has 1 unspecified atom stereocenters. The van der Waals surface area contributed by atoms with E-state index in [2.05, 4.69) is 10.6 Å². The van der Waals surface area contributed by atoms with Crippen LogP contribution < -0.4 is 10.6 Å². The summed E-state index contributed by atoms with van der Waals surface area (Å²) >= 11 is 0. The molecule has 0 saturated heterocycles. The van der Waals surface area contributed by atoms with Crippen molar-refractivity contribution < 1.29 is 26.4 Å². The number of rotatable bonds is 6. The van der Waals surface area contributed by atoms with E-state index in [9.17, 15) is 26.4 Å². The molecule has 152 valence electrons. The van der Waals surface area contributed by atoms with Crippen LogP contribution in [0.15, 0.2) is 53.4 Å². The SMILES string of the molecule is CC(NC(=O)NCCc1ccccc1C(F)(F)F)c1ccc(S(C)(=O)=O)cc1. The summed E-state index contributed by atoms with van der Waals surface area (Å²) in [5.74, 6) is 0. The third kappa shape index (κ3) is 5.98. The molecule has 0 bridgehead atoms. The van der Waals surface area contributed by atoms with Gasteiger partial charge in [-0.3, -0.25) is 0 Å². The molecule has 0 radical (unpaired) electrons. The Bertz CT molecular complexity index is 926. The molecule has 1 atom stereocenters. The molecule has 2 aromatic rings. The number of nitrogens with one attached hydrogen (secondary N) is 2. The third-order valence-corrected chi connectivity index (χ3v) is 5.29. The van der Waals surface area contributed by atoms with E-state index in [1.165, 1.54) is 30.3 Å². The Labute approximate surface area is 161 Å². The molecule has 2 aromatic carbocycles. The van der Waals surface area contributed by atoms with Crippen molar-refractivity contribution in [2.45, 2.75) is 30.5 Å². The molecule has 0 fully saturated rings. The number of alkyl halides is 3. The summed E-state index contributed by atoms with van der Waals surface area (Å²) in [5, 5.41) is 5.20. The Kier molecular flexibility index (Phi) is 6.71. The summed E-state index contributed by atoms with van der Waals surface area (Å²) in [6.45, 7) is 1.76. The van der Waals surface area contributed by atoms with Crippen LogP contribution in [0.3, 0.4) is 0 Å². The fraction of sp³-hybridized carbons (Fsp3) is 0.316. The lowest BCUT2D eigenvalue weighted by Crippen LogP contribution is -2.38. The standard InChI is InChI=1S/C19H21F3N2O3S/c1-13(14-7-9-16(10-8-14)28(2,26)27)24-18(25)23-12-11-15-5-3-4-6-17(15)19(20,21)22/h3-10,13H,11-12H2,1-2H3,(H2,23,24,25). The number of sulfone groups is 1. The van der Waals surface area contributed by atoms with Crippen LogP contribution in [0.4, 0.5) is 18.0 Å². The molecule has 2 N–H and O–H groups in total. The third-order valence-electron chi connectivity index (χ3n) is 4.16. The van der Waals surface area contributed by atoms with Crippen LogP contribution in [-0.4, -0.2) is 27.2 Å². The molecule has 28 heavy (non-hydrogen) atoms. The first-order chi connectivity index (χ1) is 13.0. The summed E-state index contributed by atoms with van der Waals surface area (Å²) in [6, 6.07) is 10.4. The van der Waals surface area contributed by atoms with E-state index in [0.29, 0.717) is 5.56 Å². The van der Waals surface area contributed by atoms with Crippen LogP contribution in [0.25, 0.3) is 0 Å².